The lowest BCUT2D eigenvalue weighted by Crippen LogP contribution is -2.20. The van der Waals surface area contributed by atoms with Crippen molar-refractivity contribution in [2.45, 2.75) is 6.92 Å². The fourth-order valence-electron chi connectivity index (χ4n) is 2.45. The lowest BCUT2D eigenvalue weighted by atomic mass is 10.1. The summed E-state index contributed by atoms with van der Waals surface area (Å²) in [5.74, 6) is 1.02. The van der Waals surface area contributed by atoms with Gasteiger partial charge in [-0.25, -0.2) is 0 Å². The van der Waals surface area contributed by atoms with Crippen LogP contribution in [-0.4, -0.2) is 24.6 Å². The first-order valence-electron chi connectivity index (χ1n) is 7.69. The van der Waals surface area contributed by atoms with Crippen LogP contribution in [0.4, 0.5) is 5.69 Å². The Balaban J connectivity index is 1.77. The number of hydrogen-bond acceptors (Lipinski definition) is 4. The van der Waals surface area contributed by atoms with E-state index in [1.165, 1.54) is 0 Å². The summed E-state index contributed by atoms with van der Waals surface area (Å²) >= 11 is 5.91. The average molecular weight is 357 g/mol. The quantitative estimate of drug-likeness (QED) is 0.743. The number of rotatable bonds is 5. The second kappa shape index (κ2) is 7.40. The molecule has 128 valence electrons. The number of amides is 1. The van der Waals surface area contributed by atoms with Crippen molar-refractivity contribution in [3.05, 3.63) is 59.2 Å². The van der Waals surface area contributed by atoms with Gasteiger partial charge in [0, 0.05) is 27.9 Å². The second-order valence-corrected chi connectivity index (χ2v) is 5.93. The molecule has 0 unspecified atom stereocenters. The SMILES string of the molecule is COc1ccc2nc(C)cc(OCC(=O)Nc3cccc(Cl)c3)c2c1. The van der Waals surface area contributed by atoms with E-state index < -0.39 is 0 Å². The second-order valence-electron chi connectivity index (χ2n) is 5.49. The van der Waals surface area contributed by atoms with Gasteiger partial charge in [-0.05, 0) is 43.3 Å². The molecule has 1 N–H and O–H groups in total. The maximum absolute atomic E-state index is 12.1. The van der Waals surface area contributed by atoms with Crippen molar-refractivity contribution < 1.29 is 14.3 Å². The fourth-order valence-corrected chi connectivity index (χ4v) is 2.64. The number of nitrogens with one attached hydrogen (secondary N) is 1. The molecule has 0 aliphatic heterocycles. The van der Waals surface area contributed by atoms with Crippen LogP contribution in [0.25, 0.3) is 10.9 Å². The zero-order valence-corrected chi connectivity index (χ0v) is 14.6. The van der Waals surface area contributed by atoms with Gasteiger partial charge >= 0.3 is 0 Å². The lowest BCUT2D eigenvalue weighted by molar-refractivity contribution is -0.118. The number of carbonyl (C=O) groups is 1. The average Bonchev–Trinajstić information content (AvgIpc) is 2.59. The monoisotopic (exact) mass is 356 g/mol. The molecule has 25 heavy (non-hydrogen) atoms. The van der Waals surface area contributed by atoms with Gasteiger partial charge in [0.25, 0.3) is 5.91 Å². The first kappa shape index (κ1) is 17.0. The molecule has 0 aliphatic carbocycles. The van der Waals surface area contributed by atoms with Crippen molar-refractivity contribution in [2.75, 3.05) is 19.0 Å². The zero-order chi connectivity index (χ0) is 17.8. The predicted octanol–water partition coefficient (Wildman–Crippen LogP) is 4.22. The van der Waals surface area contributed by atoms with Crippen molar-refractivity contribution in [3.8, 4) is 11.5 Å². The van der Waals surface area contributed by atoms with Gasteiger partial charge in [-0.2, -0.15) is 0 Å². The molecule has 1 aromatic heterocycles. The van der Waals surface area contributed by atoms with Gasteiger partial charge < -0.3 is 14.8 Å². The highest BCUT2D eigenvalue weighted by Crippen LogP contribution is 2.29. The van der Waals surface area contributed by atoms with Crippen LogP contribution in [0, 0.1) is 6.92 Å². The lowest BCUT2D eigenvalue weighted by Gasteiger charge is -2.11. The van der Waals surface area contributed by atoms with Crippen LogP contribution in [0.2, 0.25) is 5.02 Å². The number of anilines is 1. The minimum atomic E-state index is -0.271. The number of benzene rings is 2. The Hall–Kier alpha value is -2.79. The minimum Gasteiger partial charge on any atom is -0.497 e. The molecule has 0 aliphatic rings. The Labute approximate surface area is 150 Å². The Kier molecular flexibility index (Phi) is 5.05. The van der Waals surface area contributed by atoms with Crippen molar-refractivity contribution in [2.24, 2.45) is 0 Å². The number of carbonyl (C=O) groups excluding carboxylic acids is 1. The summed E-state index contributed by atoms with van der Waals surface area (Å²) in [7, 11) is 1.60. The summed E-state index contributed by atoms with van der Waals surface area (Å²) in [6.45, 7) is 1.75. The van der Waals surface area contributed by atoms with Crippen LogP contribution in [0.3, 0.4) is 0 Å². The van der Waals surface area contributed by atoms with E-state index in [9.17, 15) is 4.79 Å². The third-order valence-corrected chi connectivity index (χ3v) is 3.81. The molecule has 1 heterocycles. The summed E-state index contributed by atoms with van der Waals surface area (Å²) in [5.41, 5.74) is 2.22. The first-order valence-corrected chi connectivity index (χ1v) is 8.06. The smallest absolute Gasteiger partial charge is 0.262 e. The molecule has 0 atom stereocenters. The Morgan fingerprint density at radius 3 is 2.80 bits per heavy atom. The summed E-state index contributed by atoms with van der Waals surface area (Å²) in [4.78, 5) is 16.6. The highest BCUT2D eigenvalue weighted by Gasteiger charge is 2.10. The molecule has 0 fully saturated rings. The van der Waals surface area contributed by atoms with Gasteiger partial charge in [0.15, 0.2) is 6.61 Å². The third kappa shape index (κ3) is 4.19. The Morgan fingerprint density at radius 1 is 1.20 bits per heavy atom. The van der Waals surface area contributed by atoms with E-state index >= 15 is 0 Å². The zero-order valence-electron chi connectivity index (χ0n) is 13.9. The number of aromatic nitrogens is 1. The number of halogens is 1. The van der Waals surface area contributed by atoms with Crippen molar-refractivity contribution in [3.63, 3.8) is 0 Å². The standard InChI is InChI=1S/C19H17ClN2O3/c1-12-8-18(16-10-15(24-2)6-7-17(16)21-12)25-11-19(23)22-14-5-3-4-13(20)9-14/h3-10H,11H2,1-2H3,(H,22,23). The normalized spacial score (nSPS) is 10.5. The van der Waals surface area contributed by atoms with Crippen LogP contribution < -0.4 is 14.8 Å². The summed E-state index contributed by atoms with van der Waals surface area (Å²) < 4.78 is 11.0. The maximum Gasteiger partial charge on any atom is 0.262 e. The minimum absolute atomic E-state index is 0.123. The predicted molar refractivity (Wildman–Crippen MR) is 98.6 cm³/mol. The number of nitrogens with zero attached hydrogens (tertiary/aromatic N) is 1. The van der Waals surface area contributed by atoms with Gasteiger partial charge in [-0.15, -0.1) is 0 Å². The molecule has 1 amide bonds. The molecule has 3 aromatic rings. The fraction of sp³-hybridized carbons (Fsp3) is 0.158. The maximum atomic E-state index is 12.1. The number of hydrogen-bond donors (Lipinski definition) is 1. The molecule has 0 saturated carbocycles. The van der Waals surface area contributed by atoms with Crippen molar-refractivity contribution in [1.29, 1.82) is 0 Å². The molecule has 6 heteroatoms. The van der Waals surface area contributed by atoms with Crippen LogP contribution in [-0.2, 0) is 4.79 Å². The number of fused-ring (bicyclic) bond motifs is 1. The van der Waals surface area contributed by atoms with Crippen LogP contribution >= 0.6 is 11.6 Å². The summed E-state index contributed by atoms with van der Waals surface area (Å²) in [6.07, 6.45) is 0. The van der Waals surface area contributed by atoms with E-state index in [0.29, 0.717) is 22.2 Å². The number of pyridine rings is 1. The van der Waals surface area contributed by atoms with Gasteiger partial charge in [0.1, 0.15) is 11.5 Å². The van der Waals surface area contributed by atoms with Crippen LogP contribution in [0.1, 0.15) is 5.69 Å². The summed E-state index contributed by atoms with van der Waals surface area (Å²) in [6, 6.07) is 14.3. The molecule has 0 radical (unpaired) electrons. The first-order chi connectivity index (χ1) is 12.0. The van der Waals surface area contributed by atoms with E-state index in [1.807, 2.05) is 25.1 Å². The van der Waals surface area contributed by atoms with Gasteiger partial charge in [-0.1, -0.05) is 17.7 Å². The topological polar surface area (TPSA) is 60.5 Å². The number of methoxy groups -OCH3 is 1. The molecule has 2 aromatic carbocycles. The van der Waals surface area contributed by atoms with E-state index in [2.05, 4.69) is 10.3 Å². The van der Waals surface area contributed by atoms with E-state index in [1.54, 1.807) is 37.4 Å². The molecule has 0 bridgehead atoms. The number of aryl methyl sites for hydroxylation is 1. The molecule has 5 nitrogen and oxygen atoms in total. The number of ether oxygens (including phenoxy) is 2. The van der Waals surface area contributed by atoms with E-state index in [4.69, 9.17) is 21.1 Å². The Bertz CT molecular complexity index is 928. The van der Waals surface area contributed by atoms with E-state index in [0.717, 1.165) is 16.6 Å². The summed E-state index contributed by atoms with van der Waals surface area (Å²) in [5, 5.41) is 4.10. The van der Waals surface area contributed by atoms with Crippen LogP contribution in [0.5, 0.6) is 11.5 Å². The van der Waals surface area contributed by atoms with Gasteiger partial charge in [-0.3, -0.25) is 9.78 Å². The van der Waals surface area contributed by atoms with Gasteiger partial charge in [0.2, 0.25) is 0 Å². The Morgan fingerprint density at radius 2 is 2.04 bits per heavy atom. The molecule has 0 saturated heterocycles. The highest BCUT2D eigenvalue weighted by molar-refractivity contribution is 6.30. The molecule has 0 spiro atoms. The molecular formula is C19H17ClN2O3. The highest BCUT2D eigenvalue weighted by atomic mass is 35.5. The van der Waals surface area contributed by atoms with Crippen molar-refractivity contribution in [1.82, 2.24) is 4.98 Å². The van der Waals surface area contributed by atoms with Gasteiger partial charge in [0.05, 0.1) is 12.6 Å². The largest absolute Gasteiger partial charge is 0.497 e. The molecule has 3 rings (SSSR count). The van der Waals surface area contributed by atoms with Crippen LogP contribution in [0.15, 0.2) is 48.5 Å². The molecular weight excluding hydrogens is 340 g/mol. The van der Waals surface area contributed by atoms with Crippen molar-refractivity contribution >= 4 is 34.1 Å². The third-order valence-electron chi connectivity index (χ3n) is 3.57. The van der Waals surface area contributed by atoms with E-state index in [-0.39, 0.29) is 12.5 Å².